The minimum atomic E-state index is 0.126. The molecule has 5 heteroatoms. The Morgan fingerprint density at radius 1 is 1.25 bits per heavy atom. The molecule has 1 unspecified atom stereocenters. The van der Waals surface area contributed by atoms with Gasteiger partial charge in [0, 0.05) is 13.1 Å². The molecular weight excluding hydrogens is 254 g/mol. The summed E-state index contributed by atoms with van der Waals surface area (Å²) in [6, 6.07) is 8.08. The van der Waals surface area contributed by atoms with E-state index in [-0.39, 0.29) is 6.04 Å². The molecule has 20 heavy (non-hydrogen) atoms. The van der Waals surface area contributed by atoms with E-state index in [4.69, 9.17) is 9.15 Å². The highest BCUT2D eigenvalue weighted by atomic mass is 16.5. The van der Waals surface area contributed by atoms with Crippen LogP contribution in [-0.4, -0.2) is 31.3 Å². The molecule has 0 spiro atoms. The first-order chi connectivity index (χ1) is 9.83. The molecule has 0 aliphatic carbocycles. The molecule has 1 aliphatic rings. The van der Waals surface area contributed by atoms with Crippen molar-refractivity contribution in [2.75, 3.05) is 36.5 Å². The third-order valence-electron chi connectivity index (χ3n) is 3.44. The highest BCUT2D eigenvalue weighted by Gasteiger charge is 2.13. The molecule has 0 aromatic carbocycles. The number of furan rings is 1. The van der Waals surface area contributed by atoms with Crippen molar-refractivity contribution in [3.63, 3.8) is 0 Å². The van der Waals surface area contributed by atoms with Crippen molar-refractivity contribution in [3.8, 4) is 0 Å². The fourth-order valence-corrected chi connectivity index (χ4v) is 2.31. The second-order valence-electron chi connectivity index (χ2n) is 4.89. The van der Waals surface area contributed by atoms with Crippen LogP contribution in [0.25, 0.3) is 0 Å². The third kappa shape index (κ3) is 2.93. The minimum absolute atomic E-state index is 0.126. The van der Waals surface area contributed by atoms with Crippen LogP contribution >= 0.6 is 0 Å². The van der Waals surface area contributed by atoms with Crippen LogP contribution in [0, 0.1) is 0 Å². The van der Waals surface area contributed by atoms with Gasteiger partial charge in [0.2, 0.25) is 0 Å². The largest absolute Gasteiger partial charge is 0.467 e. The molecule has 1 atom stereocenters. The normalized spacial score (nSPS) is 16.9. The van der Waals surface area contributed by atoms with Gasteiger partial charge in [-0.05, 0) is 31.2 Å². The summed E-state index contributed by atoms with van der Waals surface area (Å²) in [6.45, 7) is 5.42. The van der Waals surface area contributed by atoms with Crippen molar-refractivity contribution in [2.24, 2.45) is 0 Å². The van der Waals surface area contributed by atoms with Gasteiger partial charge in [0.1, 0.15) is 11.6 Å². The SMILES string of the molecule is CC(Nc1ccc(N2CCOCC2)nc1)c1ccco1. The van der Waals surface area contributed by atoms with E-state index in [2.05, 4.69) is 28.2 Å². The molecule has 0 radical (unpaired) electrons. The van der Waals surface area contributed by atoms with Crippen LogP contribution < -0.4 is 10.2 Å². The van der Waals surface area contributed by atoms with Crippen LogP contribution in [0.3, 0.4) is 0 Å². The summed E-state index contributed by atoms with van der Waals surface area (Å²) < 4.78 is 10.7. The highest BCUT2D eigenvalue weighted by molar-refractivity contribution is 5.49. The molecule has 106 valence electrons. The van der Waals surface area contributed by atoms with Gasteiger partial charge in [-0.25, -0.2) is 4.98 Å². The molecule has 1 fully saturated rings. The van der Waals surface area contributed by atoms with Crippen molar-refractivity contribution in [1.82, 2.24) is 4.98 Å². The maximum Gasteiger partial charge on any atom is 0.128 e. The van der Waals surface area contributed by atoms with Crippen molar-refractivity contribution in [1.29, 1.82) is 0 Å². The monoisotopic (exact) mass is 273 g/mol. The lowest BCUT2D eigenvalue weighted by atomic mass is 10.2. The lowest BCUT2D eigenvalue weighted by Crippen LogP contribution is -2.36. The number of nitrogens with zero attached hydrogens (tertiary/aromatic N) is 2. The quantitative estimate of drug-likeness (QED) is 0.928. The predicted molar refractivity (Wildman–Crippen MR) is 78.0 cm³/mol. The van der Waals surface area contributed by atoms with Gasteiger partial charge in [0.25, 0.3) is 0 Å². The highest BCUT2D eigenvalue weighted by Crippen LogP contribution is 2.21. The summed E-state index contributed by atoms with van der Waals surface area (Å²) in [5.41, 5.74) is 0.992. The number of morpholine rings is 1. The smallest absolute Gasteiger partial charge is 0.128 e. The molecule has 3 rings (SSSR count). The first-order valence-electron chi connectivity index (χ1n) is 6.91. The zero-order chi connectivity index (χ0) is 13.8. The first-order valence-corrected chi connectivity index (χ1v) is 6.91. The molecule has 2 aromatic rings. The number of anilines is 2. The number of nitrogens with one attached hydrogen (secondary N) is 1. The molecule has 2 aromatic heterocycles. The van der Waals surface area contributed by atoms with Crippen LogP contribution in [0.4, 0.5) is 11.5 Å². The number of ether oxygens (including phenoxy) is 1. The Balaban J connectivity index is 1.63. The van der Waals surface area contributed by atoms with Crippen molar-refractivity contribution < 1.29 is 9.15 Å². The Kier molecular flexibility index (Phi) is 3.87. The minimum Gasteiger partial charge on any atom is -0.467 e. The van der Waals surface area contributed by atoms with Crippen LogP contribution in [0.2, 0.25) is 0 Å². The van der Waals surface area contributed by atoms with Crippen LogP contribution in [0.5, 0.6) is 0 Å². The topological polar surface area (TPSA) is 50.5 Å². The van der Waals surface area contributed by atoms with Crippen molar-refractivity contribution in [3.05, 3.63) is 42.5 Å². The summed E-state index contributed by atoms with van der Waals surface area (Å²) in [4.78, 5) is 6.75. The number of rotatable bonds is 4. The van der Waals surface area contributed by atoms with E-state index >= 15 is 0 Å². The van der Waals surface area contributed by atoms with E-state index in [1.807, 2.05) is 24.4 Å². The van der Waals surface area contributed by atoms with Crippen molar-refractivity contribution >= 4 is 11.5 Å². The van der Waals surface area contributed by atoms with Gasteiger partial charge in [-0.3, -0.25) is 0 Å². The molecule has 0 amide bonds. The average molecular weight is 273 g/mol. The summed E-state index contributed by atoms with van der Waals surface area (Å²) in [5.74, 6) is 1.92. The van der Waals surface area contributed by atoms with Gasteiger partial charge in [0.05, 0.1) is 37.4 Å². The summed E-state index contributed by atoms with van der Waals surface area (Å²) in [6.07, 6.45) is 3.55. The maximum absolute atomic E-state index is 5.38. The summed E-state index contributed by atoms with van der Waals surface area (Å²) >= 11 is 0. The lowest BCUT2D eigenvalue weighted by Gasteiger charge is -2.27. The maximum atomic E-state index is 5.38. The standard InChI is InChI=1S/C15H19N3O2/c1-12(14-3-2-8-20-14)17-13-4-5-15(16-11-13)18-6-9-19-10-7-18/h2-5,8,11-12,17H,6-7,9-10H2,1H3. The zero-order valence-electron chi connectivity index (χ0n) is 11.6. The number of pyridine rings is 1. The molecule has 0 bridgehead atoms. The van der Waals surface area contributed by atoms with Gasteiger partial charge in [-0.15, -0.1) is 0 Å². The van der Waals surface area contributed by atoms with Gasteiger partial charge in [0.15, 0.2) is 0 Å². The number of aromatic nitrogens is 1. The van der Waals surface area contributed by atoms with E-state index < -0.39 is 0 Å². The molecule has 1 N–H and O–H groups in total. The second kappa shape index (κ2) is 5.96. The van der Waals surface area contributed by atoms with E-state index in [9.17, 15) is 0 Å². The molecule has 1 saturated heterocycles. The van der Waals surface area contributed by atoms with Gasteiger partial charge >= 0.3 is 0 Å². The molecule has 0 saturated carbocycles. The third-order valence-corrected chi connectivity index (χ3v) is 3.44. The Morgan fingerprint density at radius 2 is 2.10 bits per heavy atom. The molecule has 1 aliphatic heterocycles. The average Bonchev–Trinajstić information content (AvgIpc) is 3.03. The van der Waals surface area contributed by atoms with E-state index in [1.165, 1.54) is 0 Å². The summed E-state index contributed by atoms with van der Waals surface area (Å²) in [7, 11) is 0. The van der Waals surface area contributed by atoms with Gasteiger partial charge < -0.3 is 19.4 Å². The van der Waals surface area contributed by atoms with Crippen molar-refractivity contribution in [2.45, 2.75) is 13.0 Å². The number of hydrogen-bond acceptors (Lipinski definition) is 5. The van der Waals surface area contributed by atoms with Gasteiger partial charge in [-0.2, -0.15) is 0 Å². The van der Waals surface area contributed by atoms with Crippen LogP contribution in [0.15, 0.2) is 41.1 Å². The van der Waals surface area contributed by atoms with Crippen LogP contribution in [-0.2, 0) is 4.74 Å². The fraction of sp³-hybridized carbons (Fsp3) is 0.400. The van der Waals surface area contributed by atoms with E-state index in [0.29, 0.717) is 0 Å². The molecule has 5 nitrogen and oxygen atoms in total. The predicted octanol–water partition coefficient (Wildman–Crippen LogP) is 2.68. The van der Waals surface area contributed by atoms with E-state index in [1.54, 1.807) is 6.26 Å². The summed E-state index contributed by atoms with van der Waals surface area (Å²) in [5, 5.41) is 3.37. The first kappa shape index (κ1) is 13.0. The Labute approximate surface area is 118 Å². The molecular formula is C15H19N3O2. The van der Waals surface area contributed by atoms with E-state index in [0.717, 1.165) is 43.6 Å². The second-order valence-corrected chi connectivity index (χ2v) is 4.89. The Bertz CT molecular complexity index is 519. The zero-order valence-corrected chi connectivity index (χ0v) is 11.6. The Hall–Kier alpha value is -2.01. The Morgan fingerprint density at radius 3 is 2.75 bits per heavy atom. The van der Waals surface area contributed by atoms with Gasteiger partial charge in [-0.1, -0.05) is 0 Å². The fourth-order valence-electron chi connectivity index (χ4n) is 2.31. The number of hydrogen-bond donors (Lipinski definition) is 1. The lowest BCUT2D eigenvalue weighted by molar-refractivity contribution is 0.122. The van der Waals surface area contributed by atoms with Crippen LogP contribution in [0.1, 0.15) is 18.7 Å². The molecule has 3 heterocycles.